The van der Waals surface area contributed by atoms with E-state index in [1.165, 1.54) is 0 Å². The molecule has 1 amide bonds. The zero-order chi connectivity index (χ0) is 13.5. The van der Waals surface area contributed by atoms with Crippen LogP contribution >= 0.6 is 24.0 Å². The van der Waals surface area contributed by atoms with E-state index >= 15 is 0 Å². The Hall–Kier alpha value is -0.770. The van der Waals surface area contributed by atoms with Crippen molar-refractivity contribution in [1.82, 2.24) is 10.6 Å². The van der Waals surface area contributed by atoms with Crippen molar-refractivity contribution in [2.24, 2.45) is 5.92 Å². The third-order valence-corrected chi connectivity index (χ3v) is 3.17. The molecule has 5 heteroatoms. The standard InChI is InChI=1S/C14H21ClN2O.ClH/c1-4-13(11-6-5-7-12(15)8-11)17-14(18)10(2)9-16-3;/h5-8,10,13,16H,4,9H2,1-3H3,(H,17,18);1H. The summed E-state index contributed by atoms with van der Waals surface area (Å²) in [7, 11) is 1.85. The smallest absolute Gasteiger partial charge is 0.224 e. The molecule has 2 atom stereocenters. The molecule has 108 valence electrons. The predicted octanol–water partition coefficient (Wildman–Crippen LogP) is 3.18. The summed E-state index contributed by atoms with van der Waals surface area (Å²) in [5.41, 5.74) is 1.05. The Labute approximate surface area is 126 Å². The molecule has 0 aliphatic rings. The zero-order valence-electron chi connectivity index (χ0n) is 11.6. The maximum Gasteiger partial charge on any atom is 0.224 e. The second kappa shape index (κ2) is 9.18. The molecule has 1 aromatic rings. The van der Waals surface area contributed by atoms with Crippen LogP contribution in [-0.2, 0) is 4.79 Å². The topological polar surface area (TPSA) is 41.1 Å². The molecular weight excluding hydrogens is 283 g/mol. The Kier molecular flexibility index (Phi) is 8.81. The number of halogens is 2. The lowest BCUT2D eigenvalue weighted by Crippen LogP contribution is -2.36. The number of carbonyl (C=O) groups is 1. The van der Waals surface area contributed by atoms with Gasteiger partial charge < -0.3 is 10.6 Å². The van der Waals surface area contributed by atoms with Crippen LogP contribution < -0.4 is 10.6 Å². The van der Waals surface area contributed by atoms with Gasteiger partial charge in [0.05, 0.1) is 6.04 Å². The minimum absolute atomic E-state index is 0. The van der Waals surface area contributed by atoms with Gasteiger partial charge in [-0.05, 0) is 31.2 Å². The third kappa shape index (κ3) is 5.81. The predicted molar refractivity (Wildman–Crippen MR) is 83.0 cm³/mol. The van der Waals surface area contributed by atoms with E-state index in [4.69, 9.17) is 11.6 Å². The lowest BCUT2D eigenvalue weighted by Gasteiger charge is -2.20. The number of hydrogen-bond acceptors (Lipinski definition) is 2. The van der Waals surface area contributed by atoms with Gasteiger partial charge in [-0.15, -0.1) is 12.4 Å². The maximum absolute atomic E-state index is 12.0. The van der Waals surface area contributed by atoms with E-state index in [1.54, 1.807) is 0 Å². The van der Waals surface area contributed by atoms with Gasteiger partial charge in [0.1, 0.15) is 0 Å². The molecular formula is C14H22Cl2N2O. The van der Waals surface area contributed by atoms with Gasteiger partial charge in [0.2, 0.25) is 5.91 Å². The number of rotatable bonds is 6. The minimum Gasteiger partial charge on any atom is -0.349 e. The number of hydrogen-bond donors (Lipinski definition) is 2. The van der Waals surface area contributed by atoms with Crippen molar-refractivity contribution in [3.63, 3.8) is 0 Å². The summed E-state index contributed by atoms with van der Waals surface area (Å²) in [5, 5.41) is 6.76. The van der Waals surface area contributed by atoms with Crippen molar-refractivity contribution >= 4 is 29.9 Å². The molecule has 19 heavy (non-hydrogen) atoms. The van der Waals surface area contributed by atoms with Gasteiger partial charge in [-0.1, -0.05) is 37.6 Å². The normalized spacial score (nSPS) is 13.3. The molecule has 3 nitrogen and oxygen atoms in total. The van der Waals surface area contributed by atoms with E-state index in [0.717, 1.165) is 12.0 Å². The third-order valence-electron chi connectivity index (χ3n) is 2.93. The van der Waals surface area contributed by atoms with E-state index in [1.807, 2.05) is 38.2 Å². The quantitative estimate of drug-likeness (QED) is 0.847. The first kappa shape index (κ1) is 18.2. The molecule has 1 aromatic carbocycles. The lowest BCUT2D eigenvalue weighted by molar-refractivity contribution is -0.125. The molecule has 0 radical (unpaired) electrons. The number of amides is 1. The molecule has 2 unspecified atom stereocenters. The highest BCUT2D eigenvalue weighted by Gasteiger charge is 2.17. The zero-order valence-corrected chi connectivity index (χ0v) is 13.1. The van der Waals surface area contributed by atoms with Crippen molar-refractivity contribution in [2.75, 3.05) is 13.6 Å². The molecule has 0 bridgehead atoms. The average Bonchev–Trinajstić information content (AvgIpc) is 2.35. The highest BCUT2D eigenvalue weighted by atomic mass is 35.5. The molecule has 0 fully saturated rings. The van der Waals surface area contributed by atoms with Crippen LogP contribution in [0.15, 0.2) is 24.3 Å². The van der Waals surface area contributed by atoms with Crippen LogP contribution in [-0.4, -0.2) is 19.5 Å². The second-order valence-corrected chi connectivity index (χ2v) is 4.92. The van der Waals surface area contributed by atoms with E-state index < -0.39 is 0 Å². The summed E-state index contributed by atoms with van der Waals surface area (Å²) in [5.74, 6) is 0.0272. The molecule has 0 aliphatic carbocycles. The molecule has 0 spiro atoms. The maximum atomic E-state index is 12.0. The monoisotopic (exact) mass is 304 g/mol. The molecule has 1 rings (SSSR count). The lowest BCUT2D eigenvalue weighted by atomic mass is 10.0. The summed E-state index contributed by atoms with van der Waals surface area (Å²) in [4.78, 5) is 12.0. The summed E-state index contributed by atoms with van der Waals surface area (Å²) >= 11 is 5.97. The number of carbonyl (C=O) groups excluding carboxylic acids is 1. The summed E-state index contributed by atoms with van der Waals surface area (Å²) < 4.78 is 0. The highest BCUT2D eigenvalue weighted by molar-refractivity contribution is 6.30. The fourth-order valence-corrected chi connectivity index (χ4v) is 2.06. The summed E-state index contributed by atoms with van der Waals surface area (Å²) in [6, 6.07) is 7.66. The van der Waals surface area contributed by atoms with Gasteiger partial charge in [-0.3, -0.25) is 4.79 Å². The van der Waals surface area contributed by atoms with Crippen LogP contribution in [0.3, 0.4) is 0 Å². The highest BCUT2D eigenvalue weighted by Crippen LogP contribution is 2.20. The fraction of sp³-hybridized carbons (Fsp3) is 0.500. The Bertz CT molecular complexity index is 399. The molecule has 2 N–H and O–H groups in total. The molecule has 0 aromatic heterocycles. The Morgan fingerprint density at radius 2 is 2.11 bits per heavy atom. The van der Waals surface area contributed by atoms with Gasteiger partial charge in [-0.2, -0.15) is 0 Å². The Morgan fingerprint density at radius 1 is 1.42 bits per heavy atom. The average molecular weight is 305 g/mol. The van der Waals surface area contributed by atoms with Crippen LogP contribution in [0.1, 0.15) is 31.9 Å². The summed E-state index contributed by atoms with van der Waals surface area (Å²) in [6.45, 7) is 4.64. The Morgan fingerprint density at radius 3 is 2.63 bits per heavy atom. The van der Waals surface area contributed by atoms with Crippen LogP contribution in [0, 0.1) is 5.92 Å². The molecule has 0 aliphatic heterocycles. The van der Waals surface area contributed by atoms with Gasteiger partial charge in [0, 0.05) is 17.5 Å². The van der Waals surface area contributed by atoms with Crippen molar-refractivity contribution in [1.29, 1.82) is 0 Å². The molecule has 0 heterocycles. The van der Waals surface area contributed by atoms with E-state index in [9.17, 15) is 4.79 Å². The van der Waals surface area contributed by atoms with Crippen LogP contribution in [0.5, 0.6) is 0 Å². The van der Waals surface area contributed by atoms with Crippen LogP contribution in [0.4, 0.5) is 0 Å². The van der Waals surface area contributed by atoms with Gasteiger partial charge >= 0.3 is 0 Å². The van der Waals surface area contributed by atoms with E-state index in [0.29, 0.717) is 11.6 Å². The van der Waals surface area contributed by atoms with Crippen molar-refractivity contribution in [2.45, 2.75) is 26.3 Å². The number of nitrogens with one attached hydrogen (secondary N) is 2. The first-order valence-electron chi connectivity index (χ1n) is 6.29. The second-order valence-electron chi connectivity index (χ2n) is 4.48. The van der Waals surface area contributed by atoms with Gasteiger partial charge in [0.25, 0.3) is 0 Å². The largest absolute Gasteiger partial charge is 0.349 e. The molecule has 0 saturated carbocycles. The van der Waals surface area contributed by atoms with Crippen LogP contribution in [0.25, 0.3) is 0 Å². The van der Waals surface area contributed by atoms with Crippen molar-refractivity contribution in [3.8, 4) is 0 Å². The first-order valence-corrected chi connectivity index (χ1v) is 6.66. The minimum atomic E-state index is -0.0387. The van der Waals surface area contributed by atoms with Crippen molar-refractivity contribution < 1.29 is 4.79 Å². The fourth-order valence-electron chi connectivity index (χ4n) is 1.86. The van der Waals surface area contributed by atoms with Crippen LogP contribution in [0.2, 0.25) is 5.02 Å². The number of benzene rings is 1. The first-order chi connectivity index (χ1) is 8.58. The van der Waals surface area contributed by atoms with E-state index in [-0.39, 0.29) is 30.3 Å². The Balaban J connectivity index is 0.00000324. The van der Waals surface area contributed by atoms with E-state index in [2.05, 4.69) is 17.6 Å². The SMILES string of the molecule is CCC(NC(=O)C(C)CNC)c1cccc(Cl)c1.Cl. The van der Waals surface area contributed by atoms with Crippen molar-refractivity contribution in [3.05, 3.63) is 34.9 Å². The van der Waals surface area contributed by atoms with Gasteiger partial charge in [-0.25, -0.2) is 0 Å². The molecule has 0 saturated heterocycles. The summed E-state index contributed by atoms with van der Waals surface area (Å²) in [6.07, 6.45) is 0.846. The van der Waals surface area contributed by atoms with Gasteiger partial charge in [0.15, 0.2) is 0 Å².